The number of aromatic nitrogens is 1. The van der Waals surface area contributed by atoms with Crippen LogP contribution in [0.25, 0.3) is 10.9 Å². The Morgan fingerprint density at radius 2 is 2.00 bits per heavy atom. The van der Waals surface area contributed by atoms with Crippen molar-refractivity contribution in [3.05, 3.63) is 29.5 Å². The Labute approximate surface area is 194 Å². The Bertz CT molecular complexity index is 1080. The van der Waals surface area contributed by atoms with Crippen molar-refractivity contribution in [1.29, 1.82) is 0 Å². The van der Waals surface area contributed by atoms with Gasteiger partial charge in [0.1, 0.15) is 5.75 Å². The Kier molecular flexibility index (Phi) is 5.51. The lowest BCUT2D eigenvalue weighted by atomic mass is 9.68. The number of methoxy groups -OCH3 is 1. The van der Waals surface area contributed by atoms with E-state index in [1.807, 2.05) is 31.0 Å². The van der Waals surface area contributed by atoms with Crippen LogP contribution in [0.4, 0.5) is 4.79 Å². The number of fused-ring (bicyclic) bond motifs is 4. The van der Waals surface area contributed by atoms with Gasteiger partial charge >= 0.3 is 6.03 Å². The lowest BCUT2D eigenvalue weighted by Crippen LogP contribution is -2.68. The minimum Gasteiger partial charge on any atom is -0.497 e. The number of aliphatic hydroxyl groups excluding tert-OH is 1. The second-order valence-corrected chi connectivity index (χ2v) is 9.94. The lowest BCUT2D eigenvalue weighted by molar-refractivity contribution is -0.140. The topological polar surface area (TPSA) is 87.0 Å². The second-order valence-electron chi connectivity index (χ2n) is 9.94. The van der Waals surface area contributed by atoms with Crippen LogP contribution in [-0.2, 0) is 17.3 Å². The summed E-state index contributed by atoms with van der Waals surface area (Å²) < 4.78 is 7.55. The molecule has 0 radical (unpaired) electrons. The first kappa shape index (κ1) is 22.1. The molecule has 1 atom stereocenters. The summed E-state index contributed by atoms with van der Waals surface area (Å²) in [4.78, 5) is 29.7. The predicted octanol–water partition coefficient (Wildman–Crippen LogP) is 2.54. The number of aryl methyl sites for hydroxylation is 1. The molecule has 1 spiro atoms. The number of carbonyl (C=O) groups is 2. The van der Waals surface area contributed by atoms with Gasteiger partial charge in [-0.3, -0.25) is 4.79 Å². The van der Waals surface area contributed by atoms with Gasteiger partial charge < -0.3 is 29.5 Å². The summed E-state index contributed by atoms with van der Waals surface area (Å²) in [7, 11) is 3.64. The molecule has 2 aliphatic heterocycles. The van der Waals surface area contributed by atoms with Crippen LogP contribution in [0.2, 0.25) is 0 Å². The van der Waals surface area contributed by atoms with Gasteiger partial charge in [-0.05, 0) is 42.9 Å². The van der Waals surface area contributed by atoms with E-state index in [1.165, 1.54) is 0 Å². The highest BCUT2D eigenvalue weighted by molar-refractivity contribution is 5.90. The van der Waals surface area contributed by atoms with Gasteiger partial charge in [-0.1, -0.05) is 6.92 Å². The highest BCUT2D eigenvalue weighted by Crippen LogP contribution is 2.50. The molecular formula is C25H34N4O4. The predicted molar refractivity (Wildman–Crippen MR) is 125 cm³/mol. The van der Waals surface area contributed by atoms with E-state index in [0.29, 0.717) is 38.5 Å². The van der Waals surface area contributed by atoms with Crippen molar-refractivity contribution in [3.8, 4) is 5.75 Å². The highest BCUT2D eigenvalue weighted by atomic mass is 16.5. The maximum atomic E-state index is 13.2. The Hall–Kier alpha value is -2.74. The molecule has 178 valence electrons. The van der Waals surface area contributed by atoms with Crippen LogP contribution in [0.1, 0.15) is 49.9 Å². The van der Waals surface area contributed by atoms with Crippen molar-refractivity contribution in [2.75, 3.05) is 39.9 Å². The molecule has 8 nitrogen and oxygen atoms in total. The molecule has 33 heavy (non-hydrogen) atoms. The van der Waals surface area contributed by atoms with E-state index < -0.39 is 6.04 Å². The van der Waals surface area contributed by atoms with Crippen LogP contribution in [0.15, 0.2) is 18.2 Å². The lowest BCUT2D eigenvalue weighted by Gasteiger charge is -2.56. The molecule has 2 aromatic rings. The molecule has 1 aromatic heterocycles. The largest absolute Gasteiger partial charge is 0.497 e. The highest BCUT2D eigenvalue weighted by Gasteiger charge is 2.55. The van der Waals surface area contributed by atoms with E-state index in [0.717, 1.165) is 47.2 Å². The van der Waals surface area contributed by atoms with Gasteiger partial charge in [-0.2, -0.15) is 0 Å². The van der Waals surface area contributed by atoms with Gasteiger partial charge in [0.15, 0.2) is 0 Å². The van der Waals surface area contributed by atoms with Crippen molar-refractivity contribution >= 4 is 22.8 Å². The summed E-state index contributed by atoms with van der Waals surface area (Å²) in [5.41, 5.74) is 2.79. The number of aliphatic hydroxyl groups is 1. The fraction of sp³-hybridized carbons (Fsp3) is 0.600. The molecule has 2 fully saturated rings. The fourth-order valence-electron chi connectivity index (χ4n) is 5.72. The number of nitrogens with one attached hydrogen (secondary N) is 1. The summed E-state index contributed by atoms with van der Waals surface area (Å²) in [6.45, 7) is 4.14. The molecule has 1 saturated carbocycles. The smallest absolute Gasteiger partial charge is 0.318 e. The van der Waals surface area contributed by atoms with E-state index >= 15 is 0 Å². The number of benzene rings is 1. The zero-order chi connectivity index (χ0) is 23.3. The SMILES string of the molecule is CCCNC(=O)N1CC2(CN(C(=O)CC3CC3)C2)c2c(n(C)c3cc(OC)ccc23)[C@@H]1CO. The maximum absolute atomic E-state index is 13.2. The van der Waals surface area contributed by atoms with E-state index in [4.69, 9.17) is 4.74 Å². The number of carbonyl (C=O) groups excluding carboxylic acids is 2. The number of nitrogens with zero attached hydrogens (tertiary/aromatic N) is 3. The van der Waals surface area contributed by atoms with Crippen LogP contribution < -0.4 is 10.1 Å². The Morgan fingerprint density at radius 1 is 1.24 bits per heavy atom. The van der Waals surface area contributed by atoms with E-state index in [9.17, 15) is 14.7 Å². The van der Waals surface area contributed by atoms with Crippen LogP contribution in [-0.4, -0.2) is 71.3 Å². The van der Waals surface area contributed by atoms with Gasteiger partial charge in [0.25, 0.3) is 0 Å². The molecule has 1 aromatic carbocycles. The van der Waals surface area contributed by atoms with Crippen molar-refractivity contribution in [3.63, 3.8) is 0 Å². The first-order valence-corrected chi connectivity index (χ1v) is 12.0. The summed E-state index contributed by atoms with van der Waals surface area (Å²) in [6.07, 6.45) is 3.79. The van der Waals surface area contributed by atoms with Crippen molar-refractivity contribution in [1.82, 2.24) is 19.7 Å². The Morgan fingerprint density at radius 3 is 2.64 bits per heavy atom. The number of hydrogen-bond donors (Lipinski definition) is 2. The molecule has 3 heterocycles. The molecule has 0 bridgehead atoms. The van der Waals surface area contributed by atoms with E-state index in [-0.39, 0.29) is 24.0 Å². The average molecular weight is 455 g/mol. The summed E-state index contributed by atoms with van der Waals surface area (Å²) in [5.74, 6) is 1.54. The summed E-state index contributed by atoms with van der Waals surface area (Å²) >= 11 is 0. The number of rotatable bonds is 6. The van der Waals surface area contributed by atoms with E-state index in [1.54, 1.807) is 12.0 Å². The number of ether oxygens (including phenoxy) is 1. The zero-order valence-electron chi connectivity index (χ0n) is 19.8. The number of urea groups is 1. The van der Waals surface area contributed by atoms with E-state index in [2.05, 4.69) is 16.0 Å². The van der Waals surface area contributed by atoms with Crippen molar-refractivity contribution in [2.24, 2.45) is 13.0 Å². The fourth-order valence-corrected chi connectivity index (χ4v) is 5.72. The minimum atomic E-state index is -0.443. The molecule has 3 amide bonds. The van der Waals surface area contributed by atoms with Crippen molar-refractivity contribution < 1.29 is 19.4 Å². The number of likely N-dealkylation sites (tertiary alicyclic amines) is 1. The third-order valence-electron chi connectivity index (χ3n) is 7.61. The summed E-state index contributed by atoms with van der Waals surface area (Å²) in [6, 6.07) is 5.43. The number of hydrogen-bond acceptors (Lipinski definition) is 4. The molecule has 1 aliphatic carbocycles. The third-order valence-corrected chi connectivity index (χ3v) is 7.61. The van der Waals surface area contributed by atoms with Crippen LogP contribution in [0, 0.1) is 5.92 Å². The quantitative estimate of drug-likeness (QED) is 0.702. The molecule has 2 N–H and O–H groups in total. The van der Waals surface area contributed by atoms with Crippen molar-refractivity contribution in [2.45, 2.75) is 44.1 Å². The van der Waals surface area contributed by atoms with Crippen LogP contribution >= 0.6 is 0 Å². The van der Waals surface area contributed by atoms with Gasteiger partial charge in [-0.15, -0.1) is 0 Å². The zero-order valence-corrected chi connectivity index (χ0v) is 19.8. The van der Waals surface area contributed by atoms with Crippen LogP contribution in [0.5, 0.6) is 5.75 Å². The van der Waals surface area contributed by atoms with Gasteiger partial charge in [0, 0.05) is 56.8 Å². The molecular weight excluding hydrogens is 420 g/mol. The molecule has 0 unspecified atom stereocenters. The van der Waals surface area contributed by atoms with Crippen LogP contribution in [0.3, 0.4) is 0 Å². The second kappa shape index (κ2) is 8.24. The standard InChI is InChI=1S/C25H34N4O4/c1-4-9-26-24(32)29-15-25(13-28(14-25)21(31)10-16-5-6-16)22-18-8-7-17(33-3)11-19(18)27(2)23(22)20(29)12-30/h7-8,11,16,20,30H,4-6,9-10,12-15H2,1-3H3,(H,26,32)/t20-/m0/s1. The Balaban J connectivity index is 1.58. The number of amides is 3. The molecule has 8 heteroatoms. The summed E-state index contributed by atoms with van der Waals surface area (Å²) in [5, 5.41) is 14.5. The first-order valence-electron chi connectivity index (χ1n) is 12.0. The maximum Gasteiger partial charge on any atom is 0.318 e. The molecule has 1 saturated heterocycles. The first-order chi connectivity index (χ1) is 15.9. The average Bonchev–Trinajstić information content (AvgIpc) is 3.57. The monoisotopic (exact) mass is 454 g/mol. The van der Waals surface area contributed by atoms with Gasteiger partial charge in [0.05, 0.1) is 30.7 Å². The van der Waals surface area contributed by atoms with Gasteiger partial charge in [0.2, 0.25) is 5.91 Å². The molecule has 5 rings (SSSR count). The normalized spacial score (nSPS) is 21.2. The third kappa shape index (κ3) is 3.55. The van der Waals surface area contributed by atoms with Gasteiger partial charge in [-0.25, -0.2) is 4.79 Å². The molecule has 3 aliphatic rings. The minimum absolute atomic E-state index is 0.158.